The maximum absolute atomic E-state index is 8.59. The summed E-state index contributed by atoms with van der Waals surface area (Å²) in [4.78, 5) is 6.31. The van der Waals surface area contributed by atoms with Gasteiger partial charge < -0.3 is 20.6 Å². The van der Waals surface area contributed by atoms with E-state index in [2.05, 4.69) is 14.5 Å². The Bertz CT molecular complexity index is 394. The van der Waals surface area contributed by atoms with E-state index < -0.39 is 0 Å². The second kappa shape index (κ2) is 4.62. The average Bonchev–Trinajstić information content (AvgIpc) is 2.75. The van der Waals surface area contributed by atoms with Crippen LogP contribution >= 0.6 is 11.5 Å². The summed E-state index contributed by atoms with van der Waals surface area (Å²) in [5.41, 5.74) is 5.51. The number of ether oxygens (including phenoxy) is 1. The van der Waals surface area contributed by atoms with Crippen molar-refractivity contribution in [3.8, 4) is 0 Å². The first-order chi connectivity index (χ1) is 7.70. The first-order valence-electron chi connectivity index (χ1n) is 4.85. The van der Waals surface area contributed by atoms with Crippen LogP contribution < -0.4 is 10.6 Å². The minimum atomic E-state index is -0.386. The Hall–Kier alpha value is -1.41. The second-order valence-electron chi connectivity index (χ2n) is 3.45. The molecule has 2 rings (SSSR count). The van der Waals surface area contributed by atoms with E-state index >= 15 is 0 Å². The molecule has 0 saturated carbocycles. The van der Waals surface area contributed by atoms with Crippen LogP contribution in [0.3, 0.4) is 0 Å². The molecular weight excluding hydrogens is 230 g/mol. The van der Waals surface area contributed by atoms with E-state index in [1.54, 1.807) is 0 Å². The van der Waals surface area contributed by atoms with E-state index in [9.17, 15) is 0 Å². The lowest BCUT2D eigenvalue weighted by Crippen LogP contribution is -2.48. The molecule has 1 aromatic heterocycles. The standard InChI is InChI=1S/C8H13N5O2S/c1-5-10-8(16-12-5)13-2-3-15-6(4-13)7(9)11-14/h6,14H,2-4H2,1H3,(H2,9,11). The molecule has 8 heteroatoms. The normalized spacial score (nSPS) is 22.4. The highest BCUT2D eigenvalue weighted by atomic mass is 32.1. The molecule has 0 radical (unpaired) electrons. The van der Waals surface area contributed by atoms with Crippen LogP contribution in [0, 0.1) is 6.92 Å². The molecule has 1 unspecified atom stereocenters. The number of nitrogens with zero attached hydrogens (tertiary/aromatic N) is 4. The van der Waals surface area contributed by atoms with Crippen molar-refractivity contribution in [3.05, 3.63) is 5.82 Å². The summed E-state index contributed by atoms with van der Waals surface area (Å²) in [5.74, 6) is 0.845. The molecule has 1 atom stereocenters. The zero-order valence-electron chi connectivity index (χ0n) is 8.83. The topological polar surface area (TPSA) is 96.9 Å². The van der Waals surface area contributed by atoms with Crippen LogP contribution in [0.5, 0.6) is 0 Å². The monoisotopic (exact) mass is 243 g/mol. The SMILES string of the molecule is Cc1nsc(N2CCOC(C(N)=NO)C2)n1. The number of hydrogen-bond donors (Lipinski definition) is 2. The first-order valence-corrected chi connectivity index (χ1v) is 5.62. The van der Waals surface area contributed by atoms with Crippen molar-refractivity contribution in [3.63, 3.8) is 0 Å². The molecule has 1 saturated heterocycles. The molecule has 16 heavy (non-hydrogen) atoms. The van der Waals surface area contributed by atoms with Crippen LogP contribution in [0.2, 0.25) is 0 Å². The van der Waals surface area contributed by atoms with Crippen molar-refractivity contribution in [2.75, 3.05) is 24.6 Å². The predicted octanol–water partition coefficient (Wildman–Crippen LogP) is -0.202. The predicted molar refractivity (Wildman–Crippen MR) is 60.0 cm³/mol. The molecule has 1 aromatic rings. The third-order valence-corrected chi connectivity index (χ3v) is 3.17. The van der Waals surface area contributed by atoms with Crippen molar-refractivity contribution >= 4 is 22.5 Å². The van der Waals surface area contributed by atoms with Crippen LogP contribution in [-0.2, 0) is 4.74 Å². The van der Waals surface area contributed by atoms with E-state index in [1.807, 2.05) is 11.8 Å². The fourth-order valence-corrected chi connectivity index (χ4v) is 2.19. The van der Waals surface area contributed by atoms with Gasteiger partial charge in [0.15, 0.2) is 5.84 Å². The van der Waals surface area contributed by atoms with Gasteiger partial charge >= 0.3 is 0 Å². The highest BCUT2D eigenvalue weighted by Crippen LogP contribution is 2.19. The molecule has 0 amide bonds. The third-order valence-electron chi connectivity index (χ3n) is 2.30. The highest BCUT2D eigenvalue weighted by molar-refractivity contribution is 7.09. The Morgan fingerprint density at radius 1 is 1.75 bits per heavy atom. The molecule has 0 spiro atoms. The summed E-state index contributed by atoms with van der Waals surface area (Å²) < 4.78 is 9.51. The fraction of sp³-hybridized carbons (Fsp3) is 0.625. The summed E-state index contributed by atoms with van der Waals surface area (Å²) in [5, 5.41) is 12.4. The molecular formula is C8H13N5O2S. The number of nitrogens with two attached hydrogens (primary N) is 1. The van der Waals surface area contributed by atoms with Gasteiger partial charge in [0.05, 0.1) is 13.2 Å². The number of anilines is 1. The Morgan fingerprint density at radius 2 is 2.56 bits per heavy atom. The molecule has 3 N–H and O–H groups in total. The molecule has 2 heterocycles. The molecule has 0 aromatic carbocycles. The highest BCUT2D eigenvalue weighted by Gasteiger charge is 2.25. The number of amidine groups is 1. The first kappa shape index (κ1) is 11.1. The fourth-order valence-electron chi connectivity index (χ4n) is 1.48. The Kier molecular flexibility index (Phi) is 3.20. The number of aromatic nitrogens is 2. The minimum Gasteiger partial charge on any atom is -0.409 e. The van der Waals surface area contributed by atoms with Gasteiger partial charge in [0, 0.05) is 18.1 Å². The van der Waals surface area contributed by atoms with Gasteiger partial charge in [-0.1, -0.05) is 5.16 Å². The van der Waals surface area contributed by atoms with Crippen LogP contribution in [0.25, 0.3) is 0 Å². The number of oxime groups is 1. The molecule has 1 aliphatic rings. The summed E-state index contributed by atoms with van der Waals surface area (Å²) in [6.07, 6.45) is -0.386. The summed E-state index contributed by atoms with van der Waals surface area (Å²) in [6, 6.07) is 0. The van der Waals surface area contributed by atoms with Gasteiger partial charge in [-0.05, 0) is 6.92 Å². The lowest BCUT2D eigenvalue weighted by molar-refractivity contribution is 0.0807. The van der Waals surface area contributed by atoms with Crippen LogP contribution in [0.15, 0.2) is 5.16 Å². The summed E-state index contributed by atoms with van der Waals surface area (Å²) in [6.45, 7) is 3.65. The smallest absolute Gasteiger partial charge is 0.205 e. The van der Waals surface area contributed by atoms with Crippen molar-refractivity contribution in [2.45, 2.75) is 13.0 Å². The Labute approximate surface area is 96.7 Å². The molecule has 88 valence electrons. The van der Waals surface area contributed by atoms with Crippen molar-refractivity contribution in [1.29, 1.82) is 0 Å². The van der Waals surface area contributed by atoms with Gasteiger partial charge in [-0.25, -0.2) is 4.98 Å². The molecule has 1 fully saturated rings. The van der Waals surface area contributed by atoms with Crippen LogP contribution in [-0.4, -0.2) is 46.2 Å². The van der Waals surface area contributed by atoms with Crippen molar-refractivity contribution < 1.29 is 9.94 Å². The molecule has 7 nitrogen and oxygen atoms in total. The maximum atomic E-state index is 8.59. The van der Waals surface area contributed by atoms with E-state index in [-0.39, 0.29) is 11.9 Å². The quantitative estimate of drug-likeness (QED) is 0.323. The van der Waals surface area contributed by atoms with Crippen molar-refractivity contribution in [2.24, 2.45) is 10.9 Å². The summed E-state index contributed by atoms with van der Waals surface area (Å²) >= 11 is 1.34. The number of morpholine rings is 1. The van der Waals surface area contributed by atoms with Gasteiger partial charge in [-0.2, -0.15) is 4.37 Å². The lowest BCUT2D eigenvalue weighted by atomic mass is 10.2. The van der Waals surface area contributed by atoms with Gasteiger partial charge in [-0.15, -0.1) is 0 Å². The van der Waals surface area contributed by atoms with E-state index in [4.69, 9.17) is 15.7 Å². The molecule has 0 bridgehead atoms. The van der Waals surface area contributed by atoms with Crippen molar-refractivity contribution in [1.82, 2.24) is 9.36 Å². The maximum Gasteiger partial charge on any atom is 0.205 e. The van der Waals surface area contributed by atoms with E-state index in [0.29, 0.717) is 13.2 Å². The molecule has 0 aliphatic carbocycles. The zero-order chi connectivity index (χ0) is 11.5. The average molecular weight is 243 g/mol. The van der Waals surface area contributed by atoms with Gasteiger partial charge in [0.1, 0.15) is 11.9 Å². The summed E-state index contributed by atoms with van der Waals surface area (Å²) in [7, 11) is 0. The van der Waals surface area contributed by atoms with Crippen LogP contribution in [0.1, 0.15) is 5.82 Å². The van der Waals surface area contributed by atoms with Gasteiger partial charge in [0.2, 0.25) is 5.13 Å². The molecule has 1 aliphatic heterocycles. The van der Waals surface area contributed by atoms with Crippen LogP contribution in [0.4, 0.5) is 5.13 Å². The second-order valence-corrected chi connectivity index (χ2v) is 4.18. The van der Waals surface area contributed by atoms with Gasteiger partial charge in [0.25, 0.3) is 0 Å². The Morgan fingerprint density at radius 3 is 3.19 bits per heavy atom. The number of aryl methyl sites for hydroxylation is 1. The Balaban J connectivity index is 2.07. The van der Waals surface area contributed by atoms with E-state index in [1.165, 1.54) is 11.5 Å². The van der Waals surface area contributed by atoms with E-state index in [0.717, 1.165) is 17.5 Å². The largest absolute Gasteiger partial charge is 0.409 e. The number of hydrogen-bond acceptors (Lipinski definition) is 7. The third kappa shape index (κ3) is 2.22. The minimum absolute atomic E-state index is 0.0888. The lowest BCUT2D eigenvalue weighted by Gasteiger charge is -2.31. The number of rotatable bonds is 2. The van der Waals surface area contributed by atoms with Gasteiger partial charge in [-0.3, -0.25) is 0 Å². The zero-order valence-corrected chi connectivity index (χ0v) is 9.65.